The minimum Gasteiger partial charge on any atom is -0.397 e. The van der Waals surface area contributed by atoms with Gasteiger partial charge in [-0.15, -0.1) is 4.40 Å². The maximum atomic E-state index is 12.3. The van der Waals surface area contributed by atoms with Crippen LogP contribution in [0.3, 0.4) is 0 Å². The third-order valence-corrected chi connectivity index (χ3v) is 3.71. The molecule has 2 aromatic heterocycles. The number of nitrogen functional groups attached to an aromatic ring is 1. The molecule has 0 saturated carbocycles. The standard InChI is InChI=1S/C12H13N7O2S/c1-18(2)8-17-22(20,21)11-3-10(14)6-15-12(11)19-7-9(4-13)5-16-19/h3,5-8H,14H2,1-2H3. The van der Waals surface area contributed by atoms with Gasteiger partial charge in [0.2, 0.25) is 0 Å². The van der Waals surface area contributed by atoms with Gasteiger partial charge < -0.3 is 10.6 Å². The van der Waals surface area contributed by atoms with E-state index in [9.17, 15) is 8.42 Å². The number of hydrogen-bond acceptors (Lipinski definition) is 6. The predicted molar refractivity (Wildman–Crippen MR) is 79.9 cm³/mol. The van der Waals surface area contributed by atoms with Crippen LogP contribution in [0.2, 0.25) is 0 Å². The molecule has 2 rings (SSSR count). The number of aromatic nitrogens is 3. The van der Waals surface area contributed by atoms with Crippen molar-refractivity contribution < 1.29 is 8.42 Å². The third-order valence-electron chi connectivity index (χ3n) is 2.48. The molecule has 0 fully saturated rings. The van der Waals surface area contributed by atoms with E-state index in [4.69, 9.17) is 11.0 Å². The van der Waals surface area contributed by atoms with Gasteiger partial charge in [-0.3, -0.25) is 0 Å². The Kier molecular flexibility index (Phi) is 4.09. The largest absolute Gasteiger partial charge is 0.397 e. The van der Waals surface area contributed by atoms with Gasteiger partial charge in [0.1, 0.15) is 17.3 Å². The van der Waals surface area contributed by atoms with E-state index in [2.05, 4.69) is 14.5 Å². The molecule has 2 heterocycles. The first-order chi connectivity index (χ1) is 10.3. The van der Waals surface area contributed by atoms with Crippen LogP contribution >= 0.6 is 0 Å². The molecule has 10 heteroatoms. The van der Waals surface area contributed by atoms with Crippen molar-refractivity contribution >= 4 is 22.0 Å². The van der Waals surface area contributed by atoms with Crippen molar-refractivity contribution in [2.45, 2.75) is 4.90 Å². The molecule has 2 N–H and O–H groups in total. The highest BCUT2D eigenvalue weighted by molar-refractivity contribution is 7.90. The highest BCUT2D eigenvalue weighted by atomic mass is 32.2. The second kappa shape index (κ2) is 5.82. The zero-order chi connectivity index (χ0) is 16.3. The van der Waals surface area contributed by atoms with E-state index < -0.39 is 10.0 Å². The number of nitrogens with zero attached hydrogens (tertiary/aromatic N) is 6. The molecule has 22 heavy (non-hydrogen) atoms. The lowest BCUT2D eigenvalue weighted by Gasteiger charge is -2.08. The fraction of sp³-hybridized carbons (Fsp3) is 0.167. The minimum absolute atomic E-state index is 0.0200. The number of nitriles is 1. The topological polar surface area (TPSA) is 130 Å². The van der Waals surface area contributed by atoms with E-state index in [1.807, 2.05) is 6.07 Å². The van der Waals surface area contributed by atoms with Gasteiger partial charge in [0.05, 0.1) is 29.8 Å². The Morgan fingerprint density at radius 1 is 1.45 bits per heavy atom. The van der Waals surface area contributed by atoms with Crippen LogP contribution in [0.15, 0.2) is 34.0 Å². The van der Waals surface area contributed by atoms with Gasteiger partial charge in [-0.25, -0.2) is 9.67 Å². The maximum absolute atomic E-state index is 12.3. The van der Waals surface area contributed by atoms with Crippen molar-refractivity contribution in [3.8, 4) is 11.9 Å². The van der Waals surface area contributed by atoms with Gasteiger partial charge in [-0.05, 0) is 6.07 Å². The summed E-state index contributed by atoms with van der Waals surface area (Å²) in [5, 5.41) is 12.7. The summed E-state index contributed by atoms with van der Waals surface area (Å²) in [5.41, 5.74) is 6.07. The Balaban J connectivity index is 2.61. The van der Waals surface area contributed by atoms with E-state index >= 15 is 0 Å². The Hall–Kier alpha value is -2.93. The van der Waals surface area contributed by atoms with Crippen molar-refractivity contribution in [1.29, 1.82) is 5.26 Å². The smallest absolute Gasteiger partial charge is 0.287 e. The van der Waals surface area contributed by atoms with Crippen LogP contribution < -0.4 is 5.73 Å². The molecule has 0 aliphatic carbocycles. The zero-order valence-corrected chi connectivity index (χ0v) is 12.7. The number of rotatable bonds is 4. The fourth-order valence-corrected chi connectivity index (χ4v) is 2.61. The second-order valence-corrected chi connectivity index (χ2v) is 6.14. The van der Waals surface area contributed by atoms with E-state index in [0.717, 1.165) is 6.34 Å². The molecule has 0 atom stereocenters. The highest BCUT2D eigenvalue weighted by Gasteiger charge is 2.21. The summed E-state index contributed by atoms with van der Waals surface area (Å²) in [7, 11) is -0.726. The first kappa shape index (κ1) is 15.5. The van der Waals surface area contributed by atoms with Crippen molar-refractivity contribution in [2.24, 2.45) is 4.40 Å². The van der Waals surface area contributed by atoms with Crippen molar-refractivity contribution in [3.63, 3.8) is 0 Å². The van der Waals surface area contributed by atoms with Gasteiger partial charge >= 0.3 is 0 Å². The number of sulfonamides is 1. The van der Waals surface area contributed by atoms with Crippen molar-refractivity contribution in [2.75, 3.05) is 19.8 Å². The van der Waals surface area contributed by atoms with Crippen LogP contribution in [0.4, 0.5) is 5.69 Å². The van der Waals surface area contributed by atoms with Gasteiger partial charge in [-0.2, -0.15) is 18.8 Å². The fourth-order valence-electron chi connectivity index (χ4n) is 1.52. The van der Waals surface area contributed by atoms with E-state index in [0.29, 0.717) is 0 Å². The van der Waals surface area contributed by atoms with Crippen LogP contribution in [0, 0.1) is 11.3 Å². The van der Waals surface area contributed by atoms with Crippen molar-refractivity contribution in [1.82, 2.24) is 19.7 Å². The van der Waals surface area contributed by atoms with Crippen LogP contribution in [0.25, 0.3) is 5.82 Å². The Morgan fingerprint density at radius 2 is 2.18 bits per heavy atom. The van der Waals surface area contributed by atoms with Gasteiger partial charge in [0.15, 0.2) is 5.82 Å². The molecular formula is C12H13N7O2S. The monoisotopic (exact) mass is 319 g/mol. The normalized spacial score (nSPS) is 11.5. The van der Waals surface area contributed by atoms with Crippen LogP contribution in [-0.4, -0.2) is 48.5 Å². The molecule has 0 aliphatic heterocycles. The molecule has 2 aromatic rings. The molecule has 114 valence electrons. The second-order valence-electron chi connectivity index (χ2n) is 4.54. The van der Waals surface area contributed by atoms with Crippen LogP contribution in [-0.2, 0) is 10.0 Å². The molecule has 0 aromatic carbocycles. The molecule has 0 amide bonds. The average Bonchev–Trinajstić information content (AvgIpc) is 2.94. The summed E-state index contributed by atoms with van der Waals surface area (Å²) in [4.78, 5) is 5.28. The molecule has 0 aliphatic rings. The highest BCUT2D eigenvalue weighted by Crippen LogP contribution is 2.22. The Labute approximate surface area is 127 Å². The molecule has 0 spiro atoms. The summed E-state index contributed by atoms with van der Waals surface area (Å²) < 4.78 is 29.4. The van der Waals surface area contributed by atoms with Crippen molar-refractivity contribution in [3.05, 3.63) is 30.2 Å². The van der Waals surface area contributed by atoms with E-state index in [1.54, 1.807) is 14.1 Å². The summed E-state index contributed by atoms with van der Waals surface area (Å²) in [6, 6.07) is 3.15. The number of pyridine rings is 1. The quantitative estimate of drug-likeness (QED) is 0.620. The first-order valence-corrected chi connectivity index (χ1v) is 7.45. The van der Waals surface area contributed by atoms with Crippen LogP contribution in [0.5, 0.6) is 0 Å². The summed E-state index contributed by atoms with van der Waals surface area (Å²) in [5.74, 6) is 0.0200. The zero-order valence-electron chi connectivity index (χ0n) is 11.9. The number of anilines is 1. The molecule has 0 saturated heterocycles. The average molecular weight is 319 g/mol. The van der Waals surface area contributed by atoms with E-state index in [-0.39, 0.29) is 22.0 Å². The third kappa shape index (κ3) is 3.21. The summed E-state index contributed by atoms with van der Waals surface area (Å²) >= 11 is 0. The predicted octanol–water partition coefficient (Wildman–Crippen LogP) is -0.000220. The first-order valence-electron chi connectivity index (χ1n) is 6.01. The van der Waals surface area contributed by atoms with Gasteiger partial charge in [0, 0.05) is 14.1 Å². The SMILES string of the molecule is CN(C)C=NS(=O)(=O)c1cc(N)cnc1-n1cc(C#N)cn1. The Bertz CT molecular complexity index is 862. The number of hydrogen-bond donors (Lipinski definition) is 1. The molecule has 9 nitrogen and oxygen atoms in total. The maximum Gasteiger partial charge on any atom is 0.287 e. The number of nitrogens with two attached hydrogens (primary N) is 1. The minimum atomic E-state index is -4.01. The molecule has 0 bridgehead atoms. The molecule has 0 radical (unpaired) electrons. The van der Waals surface area contributed by atoms with Gasteiger partial charge in [-0.1, -0.05) is 0 Å². The summed E-state index contributed by atoms with van der Waals surface area (Å²) in [6.07, 6.45) is 5.13. The van der Waals surface area contributed by atoms with Crippen LogP contribution in [0.1, 0.15) is 5.56 Å². The lowest BCUT2D eigenvalue weighted by molar-refractivity contribution is 0.593. The van der Waals surface area contributed by atoms with E-state index in [1.165, 1.54) is 34.2 Å². The van der Waals surface area contributed by atoms with Gasteiger partial charge in [0.25, 0.3) is 10.0 Å². The molecule has 0 unspecified atom stereocenters. The lowest BCUT2D eigenvalue weighted by Crippen LogP contribution is -2.12. The summed E-state index contributed by atoms with van der Waals surface area (Å²) in [6.45, 7) is 0. The Morgan fingerprint density at radius 3 is 2.77 bits per heavy atom. The lowest BCUT2D eigenvalue weighted by atomic mass is 10.4. The molecular weight excluding hydrogens is 306 g/mol.